The van der Waals surface area contributed by atoms with Crippen LogP contribution in [0.1, 0.15) is 11.1 Å². The van der Waals surface area contributed by atoms with Crippen molar-refractivity contribution in [2.24, 2.45) is 15.3 Å². The summed E-state index contributed by atoms with van der Waals surface area (Å²) >= 11 is 0. The number of nitrogen functional groups attached to an aromatic ring is 2. The Morgan fingerprint density at radius 1 is 0.667 bits per heavy atom. The van der Waals surface area contributed by atoms with Gasteiger partial charge in [0.1, 0.15) is 63.8 Å². The minimum Gasteiger partial charge on any atom is -0.744 e. The van der Waals surface area contributed by atoms with Crippen molar-refractivity contribution >= 4 is 76.4 Å². The zero-order valence-electron chi connectivity index (χ0n) is 29.0. The van der Waals surface area contributed by atoms with Crippen molar-refractivity contribution in [3.8, 4) is 22.6 Å². The molecule has 0 saturated heterocycles. The first-order valence-corrected chi connectivity index (χ1v) is 18.1. The largest absolute Gasteiger partial charge is 1.00 e. The summed E-state index contributed by atoms with van der Waals surface area (Å²) in [5, 5.41) is 12.0. The van der Waals surface area contributed by atoms with Crippen molar-refractivity contribution in [3.63, 3.8) is 0 Å². The van der Waals surface area contributed by atoms with Crippen LogP contribution in [0.2, 0.25) is 0 Å². The maximum Gasteiger partial charge on any atom is 1.00 e. The molecule has 24 heteroatoms. The van der Waals surface area contributed by atoms with E-state index in [9.17, 15) is 43.7 Å². The Labute approximate surface area is 375 Å². The van der Waals surface area contributed by atoms with E-state index in [1.165, 1.54) is 26.4 Å². The number of azo groups is 1. The summed E-state index contributed by atoms with van der Waals surface area (Å²) < 4.78 is 116. The number of hydrazone groups is 1. The molecule has 0 amide bonds. The van der Waals surface area contributed by atoms with Crippen LogP contribution in [0.25, 0.3) is 17.2 Å². The summed E-state index contributed by atoms with van der Waals surface area (Å²) in [6.45, 7) is 0. The van der Waals surface area contributed by atoms with Gasteiger partial charge in [0.2, 0.25) is 5.78 Å². The van der Waals surface area contributed by atoms with Crippen molar-refractivity contribution in [2.45, 2.75) is 9.79 Å². The molecule has 0 atom stereocenters. The van der Waals surface area contributed by atoms with Crippen LogP contribution in [0, 0.1) is 0 Å². The molecular formula is C30H23N6Na3O12S3. The Morgan fingerprint density at radius 3 is 1.83 bits per heavy atom. The van der Waals surface area contributed by atoms with Gasteiger partial charge in [-0.2, -0.15) is 5.10 Å². The zero-order chi connectivity index (χ0) is 37.5. The van der Waals surface area contributed by atoms with Crippen LogP contribution in [-0.4, -0.2) is 64.6 Å². The van der Waals surface area contributed by atoms with Gasteiger partial charge in [0.05, 0.1) is 41.1 Å². The Bertz CT molecular complexity index is 2570. The molecule has 54 heavy (non-hydrogen) atoms. The van der Waals surface area contributed by atoms with Crippen LogP contribution >= 0.6 is 0 Å². The maximum absolute atomic E-state index is 13.0. The first kappa shape index (κ1) is 47.4. The van der Waals surface area contributed by atoms with Gasteiger partial charge in [0.15, 0.2) is 0 Å². The minimum absolute atomic E-state index is 0. The van der Waals surface area contributed by atoms with Crippen molar-refractivity contribution in [1.29, 1.82) is 0 Å². The fourth-order valence-electron chi connectivity index (χ4n) is 4.81. The molecule has 0 fully saturated rings. The molecular weight excluding hydrogens is 802 g/mol. The summed E-state index contributed by atoms with van der Waals surface area (Å²) in [6, 6.07) is 14.3. The normalized spacial score (nSPS) is 13.5. The average molecular weight is 825 g/mol. The molecule has 0 unspecified atom stereocenters. The van der Waals surface area contributed by atoms with Gasteiger partial charge in [0, 0.05) is 5.56 Å². The van der Waals surface area contributed by atoms with Crippen molar-refractivity contribution in [1.82, 2.24) is 0 Å². The second-order valence-electron chi connectivity index (χ2n) is 10.5. The summed E-state index contributed by atoms with van der Waals surface area (Å²) in [6.07, 6.45) is 0.675. The summed E-state index contributed by atoms with van der Waals surface area (Å²) in [4.78, 5) is 10.4. The average Bonchev–Trinajstić information content (AvgIpc) is 3.05. The first-order chi connectivity index (χ1) is 23.8. The Kier molecular flexibility index (Phi) is 16.2. The molecule has 5 N–H and O–H groups in total. The molecule has 0 aliphatic heterocycles. The molecule has 4 aromatic rings. The first-order valence-electron chi connectivity index (χ1n) is 13.9. The van der Waals surface area contributed by atoms with Gasteiger partial charge in [-0.15, -0.1) is 10.2 Å². The number of carbonyl (C=O) groups is 1. The number of fused-ring (bicyclic) bond motifs is 1. The van der Waals surface area contributed by atoms with Gasteiger partial charge >= 0.3 is 88.7 Å². The standard InChI is InChI=1S/C30H26N6O12S3.3Na/c1-47-25-10-15(3-7-22(25)33-35-24-14-27(50(41,42)43)21(32)13-20(24)31)16-4-8-23(26(11-16)48-2)34-36-29-19-6-5-18(49(38,39)40)9-17(19)12-28(30(29)37)51(44,45)46;;;/h3-14,34H,31-32H2,1-2H3,(H,38,39,40)(H,41,42,43)(H,44,45,46);;;/q;3*+1/p-3/b35-33?,36-29-;;;. The molecule has 1 aliphatic carbocycles. The SMILES string of the molecule is COc1cc(-c2ccc(N/N=C3\C(=O)C(S(=O)(=O)[O-])=Cc4cc(S(=O)(=O)[O-])ccc43)c(OC)c2)ccc1N=Nc1cc(S(=O)(=O)[O-])c(N)cc1N.[Na+].[Na+].[Na+]. The number of ether oxygens (including phenoxy) is 2. The Balaban J connectivity index is 0.00000336. The Hall–Kier alpha value is -2.71. The smallest absolute Gasteiger partial charge is 0.744 e. The number of nitrogens with zero attached hydrogens (tertiary/aromatic N) is 3. The maximum atomic E-state index is 13.0. The molecule has 0 spiro atoms. The number of rotatable bonds is 10. The number of allylic oxidation sites excluding steroid dienone is 1. The monoisotopic (exact) mass is 824 g/mol. The number of methoxy groups -OCH3 is 2. The third kappa shape index (κ3) is 10.6. The fraction of sp³-hybridized carbons (Fsp3) is 0.0667. The van der Waals surface area contributed by atoms with E-state index in [1.54, 1.807) is 24.3 Å². The van der Waals surface area contributed by atoms with Gasteiger partial charge in [-0.25, -0.2) is 25.3 Å². The van der Waals surface area contributed by atoms with E-state index in [0.717, 1.165) is 30.3 Å². The molecule has 18 nitrogen and oxygen atoms in total. The van der Waals surface area contributed by atoms with Crippen LogP contribution in [-0.2, 0) is 35.1 Å². The number of carbonyl (C=O) groups excluding carboxylic acids is 1. The molecule has 0 saturated carbocycles. The van der Waals surface area contributed by atoms with Crippen LogP contribution in [0.5, 0.6) is 11.5 Å². The molecule has 0 aromatic heterocycles. The number of hydrogen-bond donors (Lipinski definition) is 3. The predicted octanol–water partition coefficient (Wildman–Crippen LogP) is -5.94. The van der Waals surface area contributed by atoms with Gasteiger partial charge in [-0.1, -0.05) is 18.2 Å². The van der Waals surface area contributed by atoms with Crippen molar-refractivity contribution < 1.29 is 142 Å². The van der Waals surface area contributed by atoms with E-state index in [1.807, 2.05) is 0 Å². The predicted molar refractivity (Wildman–Crippen MR) is 180 cm³/mol. The van der Waals surface area contributed by atoms with E-state index in [4.69, 9.17) is 20.9 Å². The van der Waals surface area contributed by atoms with Crippen molar-refractivity contribution in [3.05, 3.63) is 82.8 Å². The second kappa shape index (κ2) is 18.5. The third-order valence-corrected chi connectivity index (χ3v) is 9.82. The topological polar surface area (TPSA) is 308 Å². The van der Waals surface area contributed by atoms with Gasteiger partial charge < -0.3 is 34.6 Å². The number of benzene rings is 4. The van der Waals surface area contributed by atoms with E-state index in [2.05, 4.69) is 20.8 Å². The van der Waals surface area contributed by atoms with Crippen LogP contribution in [0.4, 0.5) is 28.4 Å². The van der Waals surface area contributed by atoms with E-state index in [-0.39, 0.29) is 140 Å². The molecule has 1 aliphatic rings. The van der Waals surface area contributed by atoms with Gasteiger partial charge in [-0.3, -0.25) is 10.2 Å². The quantitative estimate of drug-likeness (QED) is 0.0441. The minimum atomic E-state index is -5.33. The molecule has 5 rings (SSSR count). The number of hydrogen-bond acceptors (Lipinski definition) is 18. The second-order valence-corrected chi connectivity index (χ2v) is 14.5. The zero-order valence-corrected chi connectivity index (χ0v) is 37.5. The molecule has 266 valence electrons. The van der Waals surface area contributed by atoms with Crippen LogP contribution < -0.4 is 115 Å². The molecule has 4 aromatic carbocycles. The van der Waals surface area contributed by atoms with E-state index < -0.39 is 56.5 Å². The number of anilines is 3. The summed E-state index contributed by atoms with van der Waals surface area (Å²) in [5.41, 5.74) is 14.3. The van der Waals surface area contributed by atoms with Gasteiger partial charge in [-0.05, 0) is 71.3 Å². The summed E-state index contributed by atoms with van der Waals surface area (Å²) in [7, 11) is -12.5. The molecule has 0 bridgehead atoms. The van der Waals surface area contributed by atoms with Crippen LogP contribution in [0.15, 0.2) is 96.8 Å². The van der Waals surface area contributed by atoms with Crippen LogP contribution in [0.3, 0.4) is 0 Å². The number of ketones is 1. The number of nitrogens with one attached hydrogen (secondary N) is 1. The molecule has 0 heterocycles. The number of nitrogens with two attached hydrogens (primary N) is 2. The van der Waals surface area contributed by atoms with E-state index in [0.29, 0.717) is 17.2 Å². The van der Waals surface area contributed by atoms with Gasteiger partial charge in [0.25, 0.3) is 0 Å². The molecule has 0 radical (unpaired) electrons. The van der Waals surface area contributed by atoms with E-state index >= 15 is 0 Å². The fourth-order valence-corrected chi connectivity index (χ4v) is 6.51. The van der Waals surface area contributed by atoms with Crippen molar-refractivity contribution in [2.75, 3.05) is 31.1 Å². The summed E-state index contributed by atoms with van der Waals surface area (Å²) in [5.74, 6) is -0.849. The Morgan fingerprint density at radius 2 is 1.26 bits per heavy atom. The third-order valence-electron chi connectivity index (χ3n) is 7.26. The number of Topliss-reactive ketones (excluding diaryl/α,β-unsaturated/α-hetero) is 1.